The third kappa shape index (κ3) is 4.52. The summed E-state index contributed by atoms with van der Waals surface area (Å²) in [4.78, 5) is 1.77. The van der Waals surface area contributed by atoms with Crippen molar-refractivity contribution in [2.75, 3.05) is 13.1 Å². The Morgan fingerprint density at radius 3 is 3.07 bits per heavy atom. The fraction of sp³-hybridized carbons (Fsp3) is 0.304. The van der Waals surface area contributed by atoms with Gasteiger partial charge in [-0.05, 0) is 24.6 Å². The van der Waals surface area contributed by atoms with Crippen LogP contribution in [-0.4, -0.2) is 35.8 Å². The van der Waals surface area contributed by atoms with E-state index in [4.69, 9.17) is 10.00 Å². The molecule has 0 amide bonds. The molecule has 0 bridgehead atoms. The first kappa shape index (κ1) is 18.9. The molecule has 2 heterocycles. The minimum Gasteiger partial charge on any atom is -0.461 e. The first-order valence-electron chi connectivity index (χ1n) is 9.94. The van der Waals surface area contributed by atoms with Gasteiger partial charge in [-0.2, -0.15) is 10.4 Å². The molecular formula is C23H25N5O. The Balaban J connectivity index is 1.40. The molecule has 1 fully saturated rings. The topological polar surface area (TPSA) is 72.7 Å². The number of hydrogen-bond acceptors (Lipinski definition) is 6. The molecule has 0 spiro atoms. The van der Waals surface area contributed by atoms with Gasteiger partial charge >= 0.3 is 0 Å². The number of nitrogens with zero attached hydrogens (tertiary/aromatic N) is 3. The lowest BCUT2D eigenvalue weighted by molar-refractivity contribution is 0.415. The average Bonchev–Trinajstić information content (AvgIpc) is 3.33. The molecule has 148 valence electrons. The van der Waals surface area contributed by atoms with Crippen molar-refractivity contribution in [3.8, 4) is 11.9 Å². The number of para-hydroxylation sites is 1. The number of ether oxygens (including phenoxy) is 1. The predicted molar refractivity (Wildman–Crippen MR) is 114 cm³/mol. The van der Waals surface area contributed by atoms with Crippen LogP contribution in [0.15, 0.2) is 77.8 Å². The number of allylic oxidation sites excluding steroid dienone is 5. The van der Waals surface area contributed by atoms with Crippen molar-refractivity contribution in [3.63, 3.8) is 0 Å². The molecule has 2 atom stereocenters. The summed E-state index contributed by atoms with van der Waals surface area (Å²) < 4.78 is 6.18. The number of hydrogen-bond donors (Lipinski definition) is 2. The molecule has 2 N–H and O–H groups in total. The van der Waals surface area contributed by atoms with Crippen molar-refractivity contribution < 1.29 is 4.74 Å². The van der Waals surface area contributed by atoms with E-state index in [9.17, 15) is 0 Å². The van der Waals surface area contributed by atoms with Crippen LogP contribution in [0.3, 0.4) is 0 Å². The highest BCUT2D eigenvalue weighted by atomic mass is 16.5. The summed E-state index contributed by atoms with van der Waals surface area (Å²) >= 11 is 0. The lowest BCUT2D eigenvalue weighted by Crippen LogP contribution is -2.37. The number of rotatable bonds is 6. The van der Waals surface area contributed by atoms with Crippen molar-refractivity contribution >= 4 is 5.71 Å². The average molecular weight is 387 g/mol. The molecule has 1 aromatic rings. The fourth-order valence-electron chi connectivity index (χ4n) is 3.71. The molecule has 29 heavy (non-hydrogen) atoms. The van der Waals surface area contributed by atoms with E-state index in [-0.39, 0.29) is 12.1 Å². The van der Waals surface area contributed by atoms with Gasteiger partial charge in [0.25, 0.3) is 0 Å². The van der Waals surface area contributed by atoms with Crippen LogP contribution in [-0.2, 0) is 0 Å². The lowest BCUT2D eigenvalue weighted by atomic mass is 10.0. The van der Waals surface area contributed by atoms with Crippen molar-refractivity contribution in [3.05, 3.63) is 78.2 Å². The van der Waals surface area contributed by atoms with Gasteiger partial charge in [-0.3, -0.25) is 0 Å². The number of nitrogens with one attached hydrogen (secondary N) is 2. The molecule has 1 saturated heterocycles. The largest absolute Gasteiger partial charge is 0.461 e. The summed E-state index contributed by atoms with van der Waals surface area (Å²) in [6.07, 6.45) is 14.7. The monoisotopic (exact) mass is 387 g/mol. The summed E-state index contributed by atoms with van der Waals surface area (Å²) in [5, 5.41) is 17.0. The first-order valence-corrected chi connectivity index (χ1v) is 9.94. The molecule has 1 unspecified atom stereocenters. The van der Waals surface area contributed by atoms with Gasteiger partial charge < -0.3 is 20.4 Å². The van der Waals surface area contributed by atoms with Gasteiger partial charge in [-0.15, -0.1) is 0 Å². The molecule has 0 saturated carbocycles. The Hall–Kier alpha value is -3.46. The van der Waals surface area contributed by atoms with Gasteiger partial charge in [-0.1, -0.05) is 43.0 Å². The Labute approximate surface area is 171 Å². The molecular weight excluding hydrogens is 362 g/mol. The second kappa shape index (κ2) is 8.70. The van der Waals surface area contributed by atoms with Crippen LogP contribution in [0, 0.1) is 11.5 Å². The SMILES string of the molecule is C=C(N[C@H]1CCN(C#N)C1)C1CC(c2ccccc2OC2=CC=CC=CC2)=NN1. The van der Waals surface area contributed by atoms with Gasteiger partial charge in [0.15, 0.2) is 6.19 Å². The van der Waals surface area contributed by atoms with E-state index in [1.807, 2.05) is 48.6 Å². The Morgan fingerprint density at radius 1 is 1.31 bits per heavy atom. The summed E-state index contributed by atoms with van der Waals surface area (Å²) in [7, 11) is 0. The van der Waals surface area contributed by atoms with Crippen LogP contribution in [0.5, 0.6) is 5.75 Å². The van der Waals surface area contributed by atoms with Crippen LogP contribution in [0.2, 0.25) is 0 Å². The highest BCUT2D eigenvalue weighted by Gasteiger charge is 2.27. The molecule has 2 aliphatic heterocycles. The second-order valence-corrected chi connectivity index (χ2v) is 7.39. The number of nitriles is 1. The van der Waals surface area contributed by atoms with E-state index in [0.717, 1.165) is 60.8 Å². The van der Waals surface area contributed by atoms with Crippen LogP contribution < -0.4 is 15.5 Å². The van der Waals surface area contributed by atoms with Crippen molar-refractivity contribution in [1.82, 2.24) is 15.6 Å². The first-order chi connectivity index (χ1) is 14.2. The predicted octanol–water partition coefficient (Wildman–Crippen LogP) is 3.19. The Bertz CT molecular complexity index is 937. The molecule has 3 aliphatic rings. The maximum absolute atomic E-state index is 9.02. The molecule has 4 rings (SSSR count). The molecule has 0 radical (unpaired) electrons. The Kier molecular flexibility index (Phi) is 5.66. The number of benzene rings is 1. The van der Waals surface area contributed by atoms with E-state index in [1.165, 1.54) is 0 Å². The fourth-order valence-corrected chi connectivity index (χ4v) is 3.71. The maximum atomic E-state index is 9.02. The van der Waals surface area contributed by atoms with Crippen molar-refractivity contribution in [1.29, 1.82) is 5.26 Å². The minimum atomic E-state index is 0.0251. The summed E-state index contributed by atoms with van der Waals surface area (Å²) in [5.41, 5.74) is 6.06. The van der Waals surface area contributed by atoms with Crippen LogP contribution >= 0.6 is 0 Å². The standard InChI is InChI=1S/C23H25N5O/c1-17(25-18-12-13-28(15-18)16-24)21-14-22(27-26-21)20-10-6-7-11-23(20)29-19-8-4-2-3-5-9-19/h2-8,10-11,18,21,25-26H,1,9,12-15H2/t18-,21?/m0/s1. The van der Waals surface area contributed by atoms with Gasteiger partial charge in [0.1, 0.15) is 11.5 Å². The second-order valence-electron chi connectivity index (χ2n) is 7.39. The third-order valence-electron chi connectivity index (χ3n) is 5.29. The zero-order valence-corrected chi connectivity index (χ0v) is 16.3. The highest BCUT2D eigenvalue weighted by Crippen LogP contribution is 2.27. The normalized spacial score (nSPS) is 22.9. The molecule has 6 heteroatoms. The van der Waals surface area contributed by atoms with E-state index in [2.05, 4.69) is 34.7 Å². The lowest BCUT2D eigenvalue weighted by Gasteiger charge is -2.20. The van der Waals surface area contributed by atoms with Gasteiger partial charge in [0.2, 0.25) is 0 Å². The minimum absolute atomic E-state index is 0.0251. The van der Waals surface area contributed by atoms with E-state index in [0.29, 0.717) is 0 Å². The smallest absolute Gasteiger partial charge is 0.179 e. The van der Waals surface area contributed by atoms with E-state index in [1.54, 1.807) is 4.90 Å². The van der Waals surface area contributed by atoms with Crippen LogP contribution in [0.1, 0.15) is 24.8 Å². The zero-order valence-electron chi connectivity index (χ0n) is 16.3. The quantitative estimate of drug-likeness (QED) is 0.734. The third-order valence-corrected chi connectivity index (χ3v) is 5.29. The zero-order chi connectivity index (χ0) is 20.1. The molecule has 1 aliphatic carbocycles. The van der Waals surface area contributed by atoms with Gasteiger partial charge in [-0.25, -0.2) is 0 Å². The summed E-state index contributed by atoms with van der Waals surface area (Å²) in [6.45, 7) is 5.73. The molecule has 0 aromatic heterocycles. The maximum Gasteiger partial charge on any atom is 0.179 e. The van der Waals surface area contributed by atoms with Crippen molar-refractivity contribution in [2.45, 2.75) is 31.3 Å². The van der Waals surface area contributed by atoms with E-state index < -0.39 is 0 Å². The van der Waals surface area contributed by atoms with Crippen LogP contribution in [0.25, 0.3) is 0 Å². The van der Waals surface area contributed by atoms with Crippen LogP contribution in [0.4, 0.5) is 0 Å². The number of hydrazone groups is 1. The van der Waals surface area contributed by atoms with Gasteiger partial charge in [0.05, 0.1) is 11.8 Å². The Morgan fingerprint density at radius 2 is 2.21 bits per heavy atom. The number of likely N-dealkylation sites (tertiary alicyclic amines) is 1. The molecule has 1 aromatic carbocycles. The summed E-state index contributed by atoms with van der Waals surface area (Å²) in [5.74, 6) is 1.71. The van der Waals surface area contributed by atoms with Crippen molar-refractivity contribution in [2.24, 2.45) is 5.10 Å². The molecule has 6 nitrogen and oxygen atoms in total. The summed E-state index contributed by atoms with van der Waals surface area (Å²) in [6, 6.07) is 8.28. The van der Waals surface area contributed by atoms with E-state index >= 15 is 0 Å². The van der Waals surface area contributed by atoms with Gasteiger partial charge in [0, 0.05) is 43.2 Å². The highest BCUT2D eigenvalue weighted by molar-refractivity contribution is 6.04.